The zero-order chi connectivity index (χ0) is 13.2. The summed E-state index contributed by atoms with van der Waals surface area (Å²) in [6, 6.07) is 0. The van der Waals surface area contributed by atoms with E-state index in [9.17, 15) is 18.0 Å². The van der Waals surface area contributed by atoms with E-state index in [2.05, 4.69) is 0 Å². The number of halogens is 3. The summed E-state index contributed by atoms with van der Waals surface area (Å²) in [6.07, 6.45) is -5.89. The third kappa shape index (κ3) is 3.98. The summed E-state index contributed by atoms with van der Waals surface area (Å²) in [5.74, 6) is -0.107. The van der Waals surface area contributed by atoms with Gasteiger partial charge in [0.2, 0.25) is 0 Å². The smallest absolute Gasteiger partial charge is 0.384 e. The number of hydrogen-bond acceptors (Lipinski definition) is 2. The van der Waals surface area contributed by atoms with E-state index in [1.54, 1.807) is 0 Å². The first-order valence-electron chi connectivity index (χ1n) is 5.99. The van der Waals surface area contributed by atoms with Gasteiger partial charge in [-0.25, -0.2) is 0 Å². The number of alkyl halides is 3. The molecule has 1 fully saturated rings. The normalized spacial score (nSPS) is 28.5. The van der Waals surface area contributed by atoms with Crippen LogP contribution in [0, 0.1) is 17.8 Å². The van der Waals surface area contributed by atoms with Crippen molar-refractivity contribution >= 4 is 5.78 Å². The van der Waals surface area contributed by atoms with Crippen LogP contribution in [-0.2, 0) is 4.79 Å². The zero-order valence-electron chi connectivity index (χ0n) is 10.1. The maximum atomic E-state index is 12.2. The number of carbonyl (C=O) groups is 1. The van der Waals surface area contributed by atoms with Gasteiger partial charge in [-0.2, -0.15) is 13.2 Å². The molecule has 0 bridgehead atoms. The van der Waals surface area contributed by atoms with Crippen molar-refractivity contribution in [1.82, 2.24) is 0 Å². The molecule has 0 heterocycles. The number of aliphatic hydroxyl groups is 1. The number of hydrogen-bond donors (Lipinski definition) is 1. The van der Waals surface area contributed by atoms with Gasteiger partial charge in [0.15, 0.2) is 6.10 Å². The summed E-state index contributed by atoms with van der Waals surface area (Å²) >= 11 is 0. The average Bonchev–Trinajstić information content (AvgIpc) is 2.19. The Kier molecular flexibility index (Phi) is 4.58. The van der Waals surface area contributed by atoms with E-state index in [1.165, 1.54) is 0 Å². The fourth-order valence-corrected chi connectivity index (χ4v) is 2.38. The van der Waals surface area contributed by atoms with Crippen LogP contribution in [0.25, 0.3) is 0 Å². The van der Waals surface area contributed by atoms with Crippen molar-refractivity contribution in [1.29, 1.82) is 0 Å². The molecule has 5 heteroatoms. The molecule has 0 aromatic heterocycles. The molecule has 17 heavy (non-hydrogen) atoms. The van der Waals surface area contributed by atoms with Crippen molar-refractivity contribution in [2.45, 2.75) is 51.8 Å². The minimum absolute atomic E-state index is 0.134. The Labute approximate surface area is 99.2 Å². The van der Waals surface area contributed by atoms with E-state index in [-0.39, 0.29) is 11.7 Å². The molecule has 100 valence electrons. The number of ketones is 1. The number of aliphatic hydroxyl groups excluding tert-OH is 1. The van der Waals surface area contributed by atoms with Crippen LogP contribution < -0.4 is 0 Å². The summed E-state index contributed by atoms with van der Waals surface area (Å²) in [5, 5.41) is 9.00. The van der Waals surface area contributed by atoms with Gasteiger partial charge in [-0.1, -0.05) is 13.8 Å². The number of carbonyl (C=O) groups excluding carboxylic acids is 1. The molecule has 0 aromatic rings. The van der Waals surface area contributed by atoms with Crippen LogP contribution in [0.1, 0.15) is 39.5 Å². The highest BCUT2D eigenvalue weighted by Crippen LogP contribution is 2.36. The Bertz CT molecular complexity index is 273. The highest BCUT2D eigenvalue weighted by atomic mass is 19.4. The van der Waals surface area contributed by atoms with Gasteiger partial charge >= 0.3 is 6.18 Å². The minimum Gasteiger partial charge on any atom is -0.384 e. The fourth-order valence-electron chi connectivity index (χ4n) is 2.38. The number of Topliss-reactive ketones (excluding diaryl/α,β-unsaturated/α-hetero) is 1. The molecule has 0 amide bonds. The van der Waals surface area contributed by atoms with Crippen LogP contribution in [0.4, 0.5) is 13.2 Å². The molecule has 1 aliphatic carbocycles. The Hall–Kier alpha value is -0.580. The second kappa shape index (κ2) is 5.38. The highest BCUT2D eigenvalue weighted by Gasteiger charge is 2.42. The van der Waals surface area contributed by atoms with Gasteiger partial charge in [0.25, 0.3) is 0 Å². The summed E-state index contributed by atoms with van der Waals surface area (Å²) in [7, 11) is 0. The molecule has 0 saturated heterocycles. The van der Waals surface area contributed by atoms with E-state index in [1.807, 2.05) is 13.8 Å². The van der Waals surface area contributed by atoms with Gasteiger partial charge < -0.3 is 5.11 Å². The maximum absolute atomic E-state index is 12.2. The molecule has 1 rings (SSSR count). The van der Waals surface area contributed by atoms with E-state index in [0.717, 1.165) is 6.42 Å². The molecule has 2 nitrogen and oxygen atoms in total. The molecule has 3 unspecified atom stereocenters. The Morgan fingerprint density at radius 3 is 2.47 bits per heavy atom. The van der Waals surface area contributed by atoms with Crippen LogP contribution in [0.5, 0.6) is 0 Å². The molecular formula is C12H19F3O2. The van der Waals surface area contributed by atoms with Crippen molar-refractivity contribution in [3.05, 3.63) is 0 Å². The SMILES string of the molecule is CC(C)C1CCC(=O)C(CC(O)C(F)(F)F)C1. The minimum atomic E-state index is -4.62. The fraction of sp³-hybridized carbons (Fsp3) is 0.917. The quantitative estimate of drug-likeness (QED) is 0.838. The van der Waals surface area contributed by atoms with E-state index >= 15 is 0 Å². The third-order valence-corrected chi connectivity index (χ3v) is 3.63. The lowest BCUT2D eigenvalue weighted by Crippen LogP contribution is -2.36. The van der Waals surface area contributed by atoms with Crippen LogP contribution in [0.3, 0.4) is 0 Å². The topological polar surface area (TPSA) is 37.3 Å². The number of rotatable bonds is 3. The molecule has 1 aliphatic rings. The Balaban J connectivity index is 2.59. The van der Waals surface area contributed by atoms with E-state index in [4.69, 9.17) is 5.11 Å². The highest BCUT2D eigenvalue weighted by molar-refractivity contribution is 5.81. The average molecular weight is 252 g/mol. The van der Waals surface area contributed by atoms with Gasteiger partial charge in [0.05, 0.1) is 0 Å². The molecule has 0 radical (unpaired) electrons. The Morgan fingerprint density at radius 2 is 2.00 bits per heavy atom. The maximum Gasteiger partial charge on any atom is 0.414 e. The van der Waals surface area contributed by atoms with Gasteiger partial charge in [-0.15, -0.1) is 0 Å². The zero-order valence-corrected chi connectivity index (χ0v) is 10.1. The van der Waals surface area contributed by atoms with Gasteiger partial charge in [0, 0.05) is 12.3 Å². The predicted molar refractivity (Wildman–Crippen MR) is 57.4 cm³/mol. The molecule has 0 aliphatic heterocycles. The lowest BCUT2D eigenvalue weighted by atomic mass is 9.74. The molecule has 1 N–H and O–H groups in total. The lowest BCUT2D eigenvalue weighted by molar-refractivity contribution is -0.209. The first-order valence-corrected chi connectivity index (χ1v) is 5.99. The van der Waals surface area contributed by atoms with Crippen LogP contribution in [0.2, 0.25) is 0 Å². The van der Waals surface area contributed by atoms with Crippen molar-refractivity contribution in [2.75, 3.05) is 0 Å². The largest absolute Gasteiger partial charge is 0.414 e. The van der Waals surface area contributed by atoms with Crippen LogP contribution in [-0.4, -0.2) is 23.2 Å². The second-order valence-electron chi connectivity index (χ2n) is 5.23. The van der Waals surface area contributed by atoms with Crippen molar-refractivity contribution in [3.63, 3.8) is 0 Å². The van der Waals surface area contributed by atoms with Crippen molar-refractivity contribution in [2.24, 2.45) is 17.8 Å². The summed E-state index contributed by atoms with van der Waals surface area (Å²) < 4.78 is 36.7. The monoisotopic (exact) mass is 252 g/mol. The molecule has 3 atom stereocenters. The van der Waals surface area contributed by atoms with Crippen molar-refractivity contribution in [3.8, 4) is 0 Å². The molecule has 0 aromatic carbocycles. The van der Waals surface area contributed by atoms with Gasteiger partial charge in [-0.3, -0.25) is 4.79 Å². The first kappa shape index (κ1) is 14.5. The predicted octanol–water partition coefficient (Wildman–Crippen LogP) is 2.94. The lowest BCUT2D eigenvalue weighted by Gasteiger charge is -2.31. The molecule has 1 saturated carbocycles. The Morgan fingerprint density at radius 1 is 1.41 bits per heavy atom. The van der Waals surface area contributed by atoms with Crippen LogP contribution >= 0.6 is 0 Å². The molecular weight excluding hydrogens is 233 g/mol. The van der Waals surface area contributed by atoms with Crippen molar-refractivity contribution < 1.29 is 23.1 Å². The summed E-state index contributed by atoms with van der Waals surface area (Å²) in [4.78, 5) is 11.5. The third-order valence-electron chi connectivity index (χ3n) is 3.63. The van der Waals surface area contributed by atoms with Gasteiger partial charge in [-0.05, 0) is 31.1 Å². The second-order valence-corrected chi connectivity index (χ2v) is 5.23. The molecule has 0 spiro atoms. The van der Waals surface area contributed by atoms with Gasteiger partial charge in [0.1, 0.15) is 5.78 Å². The standard InChI is InChI=1S/C12H19F3O2/c1-7(2)8-3-4-10(16)9(5-8)6-11(17)12(13,14)15/h7-9,11,17H,3-6H2,1-2H3. The van der Waals surface area contributed by atoms with Crippen LogP contribution in [0.15, 0.2) is 0 Å². The summed E-state index contributed by atoms with van der Waals surface area (Å²) in [6.45, 7) is 4.02. The van der Waals surface area contributed by atoms with E-state index in [0.29, 0.717) is 18.8 Å². The van der Waals surface area contributed by atoms with E-state index < -0.39 is 24.6 Å². The first-order chi connectivity index (χ1) is 7.71. The summed E-state index contributed by atoms with van der Waals surface area (Å²) in [5.41, 5.74) is 0.